The summed E-state index contributed by atoms with van der Waals surface area (Å²) in [6, 6.07) is 6.88. The minimum absolute atomic E-state index is 0.530. The summed E-state index contributed by atoms with van der Waals surface area (Å²) in [4.78, 5) is 21.1. The lowest BCUT2D eigenvalue weighted by molar-refractivity contribution is 0.111. The van der Waals surface area contributed by atoms with Crippen molar-refractivity contribution in [3.8, 4) is 23.0 Å². The second-order valence-electron chi connectivity index (χ2n) is 5.62. The number of carbonyl (C=O) groups is 2. The molecule has 0 aromatic heterocycles. The van der Waals surface area contributed by atoms with E-state index in [0.717, 1.165) is 28.4 Å². The number of carbonyl (C=O) groups excluding carboxylic acids is 2. The summed E-state index contributed by atoms with van der Waals surface area (Å²) in [7, 11) is 0. The highest BCUT2D eigenvalue weighted by molar-refractivity contribution is 9.10. The van der Waals surface area contributed by atoms with Crippen LogP contribution in [0.15, 0.2) is 28.7 Å². The van der Waals surface area contributed by atoms with Gasteiger partial charge in [-0.05, 0) is 52.7 Å². The van der Waals surface area contributed by atoms with Crippen molar-refractivity contribution in [1.29, 1.82) is 0 Å². The largest absolute Gasteiger partial charge is 0.486 e. The topological polar surface area (TPSA) is 71.1 Å². The summed E-state index contributed by atoms with van der Waals surface area (Å²) in [5.74, 6) is 2.74. The van der Waals surface area contributed by atoms with E-state index in [0.29, 0.717) is 54.8 Å². The summed E-state index contributed by atoms with van der Waals surface area (Å²) in [6.45, 7) is 4.11. The van der Waals surface area contributed by atoms with E-state index in [-0.39, 0.29) is 0 Å². The van der Waals surface area contributed by atoms with Gasteiger partial charge in [0.15, 0.2) is 23.0 Å². The molecule has 0 unspecified atom stereocenters. The fourth-order valence-electron chi connectivity index (χ4n) is 2.62. The lowest BCUT2D eigenvalue weighted by atomic mass is 10.1. The molecule has 0 atom stereocenters. The Morgan fingerprint density at radius 2 is 1.27 bits per heavy atom. The number of aryl methyl sites for hydroxylation is 1. The normalized spacial score (nSPS) is 13.9. The number of ether oxygens (including phenoxy) is 4. The standard InChI is InChI=1S/C10H10O3.C9H7BrO3/c1-7-4-8(6-11)5-9-10(7)13-3-2-12-9;10-7-3-6(5-11)4-8-9(7)13-2-1-12-8/h4-6H,2-3H2,1H3;3-5H,1-2H2. The third-order valence-electron chi connectivity index (χ3n) is 3.74. The lowest BCUT2D eigenvalue weighted by Gasteiger charge is -2.20. The molecule has 2 aromatic carbocycles. The van der Waals surface area contributed by atoms with Crippen molar-refractivity contribution < 1.29 is 28.5 Å². The predicted molar refractivity (Wildman–Crippen MR) is 98.1 cm³/mol. The van der Waals surface area contributed by atoms with Crippen LogP contribution in [0.5, 0.6) is 23.0 Å². The lowest BCUT2D eigenvalue weighted by Crippen LogP contribution is -2.16. The number of aldehydes is 2. The summed E-state index contributed by atoms with van der Waals surface area (Å²) in [5, 5.41) is 0. The van der Waals surface area contributed by atoms with Crippen LogP contribution in [0.4, 0.5) is 0 Å². The molecule has 2 aliphatic rings. The van der Waals surface area contributed by atoms with Crippen molar-refractivity contribution in [1.82, 2.24) is 0 Å². The maximum absolute atomic E-state index is 10.5. The fourth-order valence-corrected chi connectivity index (χ4v) is 3.20. The molecule has 2 aliphatic heterocycles. The molecule has 0 spiro atoms. The molecule has 136 valence electrons. The second kappa shape index (κ2) is 8.23. The van der Waals surface area contributed by atoms with E-state index < -0.39 is 0 Å². The Kier molecular flexibility index (Phi) is 5.78. The Balaban J connectivity index is 0.000000151. The molecule has 0 fully saturated rings. The molecule has 26 heavy (non-hydrogen) atoms. The number of benzene rings is 2. The number of rotatable bonds is 2. The van der Waals surface area contributed by atoms with Crippen molar-refractivity contribution in [3.63, 3.8) is 0 Å². The molecule has 0 aliphatic carbocycles. The molecule has 0 amide bonds. The molecule has 2 heterocycles. The number of hydrogen-bond acceptors (Lipinski definition) is 6. The SMILES string of the molecule is Cc1cc(C=O)cc2c1OCCO2.O=Cc1cc(Br)c2c(c1)OCCO2. The molecular formula is C19H17BrO6. The Morgan fingerprint density at radius 1 is 0.769 bits per heavy atom. The zero-order valence-electron chi connectivity index (χ0n) is 14.1. The van der Waals surface area contributed by atoms with E-state index in [1.807, 2.05) is 6.92 Å². The van der Waals surface area contributed by atoms with Gasteiger partial charge in [0.25, 0.3) is 0 Å². The van der Waals surface area contributed by atoms with Gasteiger partial charge in [-0.1, -0.05) is 0 Å². The molecule has 0 saturated carbocycles. The third kappa shape index (κ3) is 3.99. The van der Waals surface area contributed by atoms with E-state index >= 15 is 0 Å². The first-order chi connectivity index (χ1) is 12.6. The van der Waals surface area contributed by atoms with Gasteiger partial charge >= 0.3 is 0 Å². The minimum atomic E-state index is 0.530. The Labute approximate surface area is 159 Å². The molecule has 4 rings (SSSR count). The van der Waals surface area contributed by atoms with Crippen LogP contribution in [-0.2, 0) is 0 Å². The van der Waals surface area contributed by atoms with Gasteiger partial charge in [0, 0.05) is 11.1 Å². The first-order valence-electron chi connectivity index (χ1n) is 8.02. The zero-order valence-corrected chi connectivity index (χ0v) is 15.7. The van der Waals surface area contributed by atoms with E-state index in [1.165, 1.54) is 0 Å². The number of hydrogen-bond donors (Lipinski definition) is 0. The van der Waals surface area contributed by atoms with Gasteiger partial charge in [-0.25, -0.2) is 0 Å². The van der Waals surface area contributed by atoms with E-state index in [4.69, 9.17) is 18.9 Å². The van der Waals surface area contributed by atoms with Crippen molar-refractivity contribution in [2.75, 3.05) is 26.4 Å². The Bertz CT molecular complexity index is 764. The molecule has 0 saturated heterocycles. The average Bonchev–Trinajstić information content (AvgIpc) is 2.68. The Morgan fingerprint density at radius 3 is 1.88 bits per heavy atom. The van der Waals surface area contributed by atoms with E-state index in [1.54, 1.807) is 24.3 Å². The minimum Gasteiger partial charge on any atom is -0.486 e. The molecule has 0 bridgehead atoms. The first kappa shape index (κ1) is 18.3. The number of halogens is 1. The van der Waals surface area contributed by atoms with Crippen molar-refractivity contribution in [2.45, 2.75) is 6.92 Å². The average molecular weight is 421 g/mol. The van der Waals surface area contributed by atoms with E-state index in [2.05, 4.69) is 15.9 Å². The summed E-state index contributed by atoms with van der Waals surface area (Å²) in [5.41, 5.74) is 2.15. The maximum atomic E-state index is 10.5. The van der Waals surface area contributed by atoms with Crippen LogP contribution in [0.2, 0.25) is 0 Å². The first-order valence-corrected chi connectivity index (χ1v) is 8.81. The van der Waals surface area contributed by atoms with Gasteiger partial charge < -0.3 is 18.9 Å². The third-order valence-corrected chi connectivity index (χ3v) is 4.33. The summed E-state index contributed by atoms with van der Waals surface area (Å²) >= 11 is 3.31. The van der Waals surface area contributed by atoms with Crippen LogP contribution in [0.25, 0.3) is 0 Å². The van der Waals surface area contributed by atoms with Crippen molar-refractivity contribution >= 4 is 28.5 Å². The van der Waals surface area contributed by atoms with Gasteiger partial charge in [0.05, 0.1) is 4.47 Å². The van der Waals surface area contributed by atoms with Gasteiger partial charge in [0.2, 0.25) is 0 Å². The highest BCUT2D eigenvalue weighted by Crippen LogP contribution is 2.38. The van der Waals surface area contributed by atoms with Gasteiger partial charge in [-0.2, -0.15) is 0 Å². The van der Waals surface area contributed by atoms with Gasteiger partial charge in [-0.3, -0.25) is 9.59 Å². The van der Waals surface area contributed by atoms with E-state index in [9.17, 15) is 9.59 Å². The summed E-state index contributed by atoms with van der Waals surface area (Å²) in [6.07, 6.45) is 1.59. The van der Waals surface area contributed by atoms with Crippen LogP contribution in [0.3, 0.4) is 0 Å². The van der Waals surface area contributed by atoms with Crippen molar-refractivity contribution in [2.24, 2.45) is 0 Å². The fraction of sp³-hybridized carbons (Fsp3) is 0.263. The summed E-state index contributed by atoms with van der Waals surface area (Å²) < 4.78 is 22.2. The van der Waals surface area contributed by atoms with Gasteiger partial charge in [-0.15, -0.1) is 0 Å². The molecule has 2 aromatic rings. The highest BCUT2D eigenvalue weighted by atomic mass is 79.9. The molecular weight excluding hydrogens is 404 g/mol. The smallest absolute Gasteiger partial charge is 0.175 e. The molecule has 0 N–H and O–H groups in total. The second-order valence-corrected chi connectivity index (χ2v) is 6.48. The number of fused-ring (bicyclic) bond motifs is 2. The predicted octanol–water partition coefficient (Wildman–Crippen LogP) is 3.61. The van der Waals surface area contributed by atoms with Crippen LogP contribution in [0, 0.1) is 6.92 Å². The maximum Gasteiger partial charge on any atom is 0.175 e. The molecule has 0 radical (unpaired) electrons. The van der Waals surface area contributed by atoms with Crippen LogP contribution >= 0.6 is 15.9 Å². The molecule has 7 heteroatoms. The Hall–Kier alpha value is -2.54. The van der Waals surface area contributed by atoms with Crippen LogP contribution in [0.1, 0.15) is 26.3 Å². The molecule has 6 nitrogen and oxygen atoms in total. The zero-order chi connectivity index (χ0) is 18.5. The monoisotopic (exact) mass is 420 g/mol. The highest BCUT2D eigenvalue weighted by Gasteiger charge is 2.16. The van der Waals surface area contributed by atoms with Crippen LogP contribution < -0.4 is 18.9 Å². The quantitative estimate of drug-likeness (QED) is 0.691. The van der Waals surface area contributed by atoms with Crippen molar-refractivity contribution in [3.05, 3.63) is 45.4 Å². The van der Waals surface area contributed by atoms with Crippen LogP contribution in [-0.4, -0.2) is 39.0 Å². The van der Waals surface area contributed by atoms with Gasteiger partial charge in [0.1, 0.15) is 39.0 Å².